The van der Waals surface area contributed by atoms with Crippen molar-refractivity contribution in [3.05, 3.63) is 69.5 Å². The van der Waals surface area contributed by atoms with Gasteiger partial charge >= 0.3 is 0 Å². The highest BCUT2D eigenvalue weighted by Crippen LogP contribution is 2.22. The minimum atomic E-state index is -0.967. The van der Waals surface area contributed by atoms with E-state index in [1.165, 1.54) is 0 Å². The second-order valence-corrected chi connectivity index (χ2v) is 9.12. The number of carbonyl (C=O) groups excluding carboxylic acids is 1. The third kappa shape index (κ3) is 5.27. The Balaban J connectivity index is 1.94. The van der Waals surface area contributed by atoms with Crippen LogP contribution >= 0.6 is 23.4 Å². The number of nitriles is 1. The molecule has 0 aliphatic rings. The van der Waals surface area contributed by atoms with Gasteiger partial charge in [-0.15, -0.1) is 0 Å². The molecule has 6 nitrogen and oxygen atoms in total. The second kappa shape index (κ2) is 9.54. The molecule has 8 heteroatoms. The zero-order valence-electron chi connectivity index (χ0n) is 17.6. The average molecular weight is 455 g/mol. The Morgan fingerprint density at radius 2 is 2.00 bits per heavy atom. The van der Waals surface area contributed by atoms with E-state index in [2.05, 4.69) is 16.4 Å². The molecule has 0 aliphatic heterocycles. The van der Waals surface area contributed by atoms with Crippen LogP contribution in [-0.4, -0.2) is 26.8 Å². The Kier molecular flexibility index (Phi) is 7.04. The number of nitrogens with zero attached hydrogens (tertiary/aromatic N) is 3. The second-order valence-electron chi connectivity index (χ2n) is 7.74. The first-order valence-electron chi connectivity index (χ1n) is 9.82. The van der Waals surface area contributed by atoms with Crippen molar-refractivity contribution in [3.8, 4) is 6.07 Å². The molecule has 0 saturated carbocycles. The maximum Gasteiger partial charge on any atom is 0.262 e. The Bertz CT molecular complexity index is 1200. The van der Waals surface area contributed by atoms with Crippen LogP contribution in [0.1, 0.15) is 26.3 Å². The van der Waals surface area contributed by atoms with Crippen molar-refractivity contribution >= 4 is 40.2 Å². The third-order valence-electron chi connectivity index (χ3n) is 5.18. The van der Waals surface area contributed by atoms with Crippen LogP contribution in [0.2, 0.25) is 5.02 Å². The van der Waals surface area contributed by atoms with Crippen LogP contribution in [0.4, 0.5) is 0 Å². The molecule has 1 atom stereocenters. The summed E-state index contributed by atoms with van der Waals surface area (Å²) < 4.78 is 1.56. The molecule has 0 bridgehead atoms. The van der Waals surface area contributed by atoms with Crippen molar-refractivity contribution in [2.24, 2.45) is 5.92 Å². The van der Waals surface area contributed by atoms with Crippen molar-refractivity contribution in [1.82, 2.24) is 14.9 Å². The lowest BCUT2D eigenvalue weighted by Gasteiger charge is -2.27. The minimum Gasteiger partial charge on any atom is -0.337 e. The molecule has 0 unspecified atom stereocenters. The Morgan fingerprint density at radius 1 is 1.29 bits per heavy atom. The quantitative estimate of drug-likeness (QED) is 0.426. The fourth-order valence-electron chi connectivity index (χ4n) is 2.95. The summed E-state index contributed by atoms with van der Waals surface area (Å²) in [6.45, 7) is 5.78. The summed E-state index contributed by atoms with van der Waals surface area (Å²) in [5.41, 5.74) is 0.264. The SMILES string of the molecule is CC(C)[C@](C)(C#N)NC(=O)CSc1nc2cc(Cl)ccc2c(=O)n1Cc1ccccc1. The highest BCUT2D eigenvalue weighted by Gasteiger charge is 2.30. The maximum atomic E-state index is 13.2. The summed E-state index contributed by atoms with van der Waals surface area (Å²) in [5, 5.41) is 13.6. The number of rotatable bonds is 7. The number of thioether (sulfide) groups is 1. The van der Waals surface area contributed by atoms with E-state index in [4.69, 9.17) is 11.6 Å². The first-order chi connectivity index (χ1) is 14.7. The van der Waals surface area contributed by atoms with Crippen LogP contribution in [0.5, 0.6) is 0 Å². The van der Waals surface area contributed by atoms with Gasteiger partial charge in [0.1, 0.15) is 5.54 Å². The van der Waals surface area contributed by atoms with Gasteiger partial charge in [-0.05, 0) is 36.6 Å². The van der Waals surface area contributed by atoms with E-state index in [0.717, 1.165) is 17.3 Å². The molecular formula is C23H23ClN4O2S. The maximum absolute atomic E-state index is 13.2. The van der Waals surface area contributed by atoms with Crippen LogP contribution in [-0.2, 0) is 11.3 Å². The Hall–Kier alpha value is -2.82. The first kappa shape index (κ1) is 22.9. The first-order valence-corrected chi connectivity index (χ1v) is 11.2. The number of benzene rings is 2. The van der Waals surface area contributed by atoms with Crippen LogP contribution < -0.4 is 10.9 Å². The molecule has 1 amide bonds. The predicted molar refractivity (Wildman–Crippen MR) is 124 cm³/mol. The van der Waals surface area contributed by atoms with Crippen molar-refractivity contribution in [3.63, 3.8) is 0 Å². The Morgan fingerprint density at radius 3 is 2.65 bits per heavy atom. The largest absolute Gasteiger partial charge is 0.337 e. The molecule has 0 fully saturated rings. The molecule has 2 aromatic carbocycles. The van der Waals surface area contributed by atoms with E-state index < -0.39 is 5.54 Å². The highest BCUT2D eigenvalue weighted by molar-refractivity contribution is 7.99. The van der Waals surface area contributed by atoms with E-state index in [0.29, 0.717) is 27.6 Å². The highest BCUT2D eigenvalue weighted by atomic mass is 35.5. The van der Waals surface area contributed by atoms with Gasteiger partial charge in [-0.25, -0.2) is 4.98 Å². The van der Waals surface area contributed by atoms with Gasteiger partial charge in [0.2, 0.25) is 5.91 Å². The number of carbonyl (C=O) groups is 1. The van der Waals surface area contributed by atoms with Crippen LogP contribution in [0.15, 0.2) is 58.5 Å². The molecule has 3 rings (SSSR count). The molecule has 31 heavy (non-hydrogen) atoms. The lowest BCUT2D eigenvalue weighted by molar-refractivity contribution is -0.120. The standard InChI is InChI=1S/C23H23ClN4O2S/c1-15(2)23(3,14-25)27-20(29)13-31-22-26-19-11-17(24)9-10-18(19)21(30)28(22)12-16-7-5-4-6-8-16/h4-11,15H,12-13H2,1-3H3,(H,27,29)/t23-/m0/s1. The van der Waals surface area contributed by atoms with Gasteiger partial charge in [0.05, 0.1) is 29.3 Å². The van der Waals surface area contributed by atoms with Crippen molar-refractivity contribution < 1.29 is 4.79 Å². The van der Waals surface area contributed by atoms with Crippen molar-refractivity contribution in [1.29, 1.82) is 5.26 Å². The van der Waals surface area contributed by atoms with Crippen molar-refractivity contribution in [2.45, 2.75) is 38.0 Å². The summed E-state index contributed by atoms with van der Waals surface area (Å²) in [6, 6.07) is 16.7. The van der Waals surface area contributed by atoms with E-state index in [-0.39, 0.29) is 23.1 Å². The van der Waals surface area contributed by atoms with Gasteiger partial charge in [-0.2, -0.15) is 5.26 Å². The molecule has 0 spiro atoms. The normalized spacial score (nSPS) is 13.0. The summed E-state index contributed by atoms with van der Waals surface area (Å²) in [7, 11) is 0. The van der Waals surface area contributed by atoms with Crippen LogP contribution in [0, 0.1) is 17.2 Å². The van der Waals surface area contributed by atoms with Gasteiger partial charge in [0.15, 0.2) is 5.16 Å². The average Bonchev–Trinajstić information content (AvgIpc) is 2.74. The number of nitrogens with one attached hydrogen (secondary N) is 1. The van der Waals surface area contributed by atoms with E-state index in [9.17, 15) is 14.9 Å². The fourth-order valence-corrected chi connectivity index (χ4v) is 3.91. The van der Waals surface area contributed by atoms with E-state index in [1.54, 1.807) is 29.7 Å². The van der Waals surface area contributed by atoms with Gasteiger partial charge in [-0.1, -0.05) is 67.5 Å². The molecule has 1 aromatic heterocycles. The molecule has 1 heterocycles. The molecule has 3 aromatic rings. The molecule has 0 radical (unpaired) electrons. The summed E-state index contributed by atoms with van der Waals surface area (Å²) in [5.74, 6) is -0.324. The summed E-state index contributed by atoms with van der Waals surface area (Å²) in [6.07, 6.45) is 0. The zero-order chi connectivity index (χ0) is 22.6. The van der Waals surface area contributed by atoms with Gasteiger partial charge in [-0.3, -0.25) is 14.2 Å². The van der Waals surface area contributed by atoms with Gasteiger partial charge < -0.3 is 5.32 Å². The van der Waals surface area contributed by atoms with Gasteiger partial charge in [0, 0.05) is 5.02 Å². The molecule has 0 aliphatic carbocycles. The van der Waals surface area contributed by atoms with E-state index >= 15 is 0 Å². The lowest BCUT2D eigenvalue weighted by atomic mass is 9.90. The van der Waals surface area contributed by atoms with Crippen LogP contribution in [0.25, 0.3) is 10.9 Å². The van der Waals surface area contributed by atoms with Crippen molar-refractivity contribution in [2.75, 3.05) is 5.75 Å². The summed E-state index contributed by atoms with van der Waals surface area (Å²) >= 11 is 7.25. The fraction of sp³-hybridized carbons (Fsp3) is 0.304. The van der Waals surface area contributed by atoms with Crippen LogP contribution in [0.3, 0.4) is 0 Å². The molecule has 1 N–H and O–H groups in total. The number of fused-ring (bicyclic) bond motifs is 1. The number of aromatic nitrogens is 2. The topological polar surface area (TPSA) is 87.8 Å². The number of hydrogen-bond acceptors (Lipinski definition) is 5. The van der Waals surface area contributed by atoms with Gasteiger partial charge in [0.25, 0.3) is 5.56 Å². The number of halogens is 1. The Labute approximate surface area is 190 Å². The lowest BCUT2D eigenvalue weighted by Crippen LogP contribution is -2.49. The third-order valence-corrected chi connectivity index (χ3v) is 6.40. The zero-order valence-corrected chi connectivity index (χ0v) is 19.1. The number of amides is 1. The molecule has 0 saturated heterocycles. The molecule has 160 valence electrons. The number of hydrogen-bond donors (Lipinski definition) is 1. The molecular weight excluding hydrogens is 432 g/mol. The minimum absolute atomic E-state index is 0.0251. The smallest absolute Gasteiger partial charge is 0.262 e. The summed E-state index contributed by atoms with van der Waals surface area (Å²) in [4.78, 5) is 30.4. The predicted octanol–water partition coefficient (Wildman–Crippen LogP) is 4.24. The monoisotopic (exact) mass is 454 g/mol. The van der Waals surface area contributed by atoms with E-state index in [1.807, 2.05) is 44.2 Å².